The van der Waals surface area contributed by atoms with Crippen LogP contribution < -0.4 is 4.90 Å². The Bertz CT molecular complexity index is 437. The Labute approximate surface area is 118 Å². The highest BCUT2D eigenvalue weighted by molar-refractivity contribution is 7.98. The van der Waals surface area contributed by atoms with Gasteiger partial charge in [0.25, 0.3) is 0 Å². The number of likely N-dealkylation sites (N-methyl/N-ethyl adjacent to an activating group) is 1. The number of anilines is 1. The molecule has 0 aliphatic heterocycles. The van der Waals surface area contributed by atoms with Gasteiger partial charge in [0, 0.05) is 24.6 Å². The van der Waals surface area contributed by atoms with Crippen LogP contribution in [0.1, 0.15) is 24.2 Å². The maximum Gasteiger partial charge on any atom is 0.338 e. The summed E-state index contributed by atoms with van der Waals surface area (Å²) in [6.07, 6.45) is 1.89. The van der Waals surface area contributed by atoms with Crippen molar-refractivity contribution in [3.8, 4) is 0 Å². The first-order chi connectivity index (χ1) is 9.06. The summed E-state index contributed by atoms with van der Waals surface area (Å²) in [6.45, 7) is 5.35. The Morgan fingerprint density at radius 2 is 2.21 bits per heavy atom. The third-order valence-electron chi connectivity index (χ3n) is 3.03. The minimum Gasteiger partial charge on any atom is -0.478 e. The summed E-state index contributed by atoms with van der Waals surface area (Å²) < 4.78 is 5.17. The first kappa shape index (κ1) is 15.9. The summed E-state index contributed by atoms with van der Waals surface area (Å²) in [6, 6.07) is 5.73. The molecular formula is C14H21NO3S. The number of methoxy groups -OCH3 is 1. The van der Waals surface area contributed by atoms with Crippen molar-refractivity contribution < 1.29 is 14.6 Å². The van der Waals surface area contributed by atoms with Crippen molar-refractivity contribution in [1.29, 1.82) is 0 Å². The molecule has 5 heteroatoms. The predicted molar refractivity (Wildman–Crippen MR) is 79.5 cm³/mol. The van der Waals surface area contributed by atoms with Crippen molar-refractivity contribution in [2.75, 3.05) is 31.4 Å². The molecule has 19 heavy (non-hydrogen) atoms. The molecule has 0 saturated heterocycles. The number of benzene rings is 1. The van der Waals surface area contributed by atoms with Gasteiger partial charge in [-0.15, -0.1) is 11.8 Å². The number of carbonyl (C=O) groups is 1. The Hall–Kier alpha value is -1.20. The lowest BCUT2D eigenvalue weighted by Gasteiger charge is -2.31. The molecule has 1 unspecified atom stereocenters. The molecule has 0 radical (unpaired) electrons. The molecular weight excluding hydrogens is 262 g/mol. The van der Waals surface area contributed by atoms with Gasteiger partial charge in [0.1, 0.15) is 0 Å². The smallest absolute Gasteiger partial charge is 0.338 e. The fourth-order valence-electron chi connectivity index (χ4n) is 2.19. The summed E-state index contributed by atoms with van der Waals surface area (Å²) >= 11 is 1.45. The largest absolute Gasteiger partial charge is 0.478 e. The molecule has 0 fully saturated rings. The minimum absolute atomic E-state index is 0.130. The summed E-state index contributed by atoms with van der Waals surface area (Å²) in [7, 11) is 1.65. The van der Waals surface area contributed by atoms with Gasteiger partial charge < -0.3 is 14.7 Å². The SMILES string of the molecule is CCN(c1cccc(SC)c1C(=O)O)C(C)COC. The van der Waals surface area contributed by atoms with Crippen LogP contribution in [0.15, 0.2) is 23.1 Å². The van der Waals surface area contributed by atoms with E-state index in [-0.39, 0.29) is 6.04 Å². The van der Waals surface area contributed by atoms with Gasteiger partial charge in [-0.05, 0) is 32.2 Å². The Kier molecular flexibility index (Phi) is 6.18. The monoisotopic (exact) mass is 283 g/mol. The van der Waals surface area contributed by atoms with E-state index in [0.717, 1.165) is 17.1 Å². The van der Waals surface area contributed by atoms with Crippen molar-refractivity contribution in [3.63, 3.8) is 0 Å². The molecule has 0 aliphatic carbocycles. The van der Waals surface area contributed by atoms with E-state index in [9.17, 15) is 9.90 Å². The van der Waals surface area contributed by atoms with E-state index in [4.69, 9.17) is 4.74 Å². The summed E-state index contributed by atoms with van der Waals surface area (Å²) in [4.78, 5) is 14.4. The Morgan fingerprint density at radius 1 is 1.53 bits per heavy atom. The second-order valence-electron chi connectivity index (χ2n) is 4.25. The highest BCUT2D eigenvalue weighted by Gasteiger charge is 2.21. The minimum atomic E-state index is -0.886. The lowest BCUT2D eigenvalue weighted by molar-refractivity contribution is 0.0693. The van der Waals surface area contributed by atoms with Gasteiger partial charge >= 0.3 is 5.97 Å². The molecule has 0 spiro atoms. The Morgan fingerprint density at radius 3 is 2.68 bits per heavy atom. The second kappa shape index (κ2) is 7.40. The van der Waals surface area contributed by atoms with E-state index in [1.807, 2.05) is 38.3 Å². The molecule has 1 rings (SSSR count). The van der Waals surface area contributed by atoms with Gasteiger partial charge in [-0.3, -0.25) is 0 Å². The number of ether oxygens (including phenoxy) is 1. The van der Waals surface area contributed by atoms with E-state index in [0.29, 0.717) is 12.2 Å². The molecule has 1 atom stereocenters. The quantitative estimate of drug-likeness (QED) is 0.780. The standard InChI is InChI=1S/C14H21NO3S/c1-5-15(10(2)9-18-3)11-7-6-8-12(19-4)13(11)14(16)17/h6-8,10H,5,9H2,1-4H3,(H,16,17). The molecule has 0 heterocycles. The normalized spacial score (nSPS) is 12.2. The lowest BCUT2D eigenvalue weighted by Crippen LogP contribution is -2.37. The number of nitrogens with zero attached hydrogens (tertiary/aromatic N) is 1. The van der Waals surface area contributed by atoms with Crippen molar-refractivity contribution in [2.24, 2.45) is 0 Å². The molecule has 0 aliphatic rings. The van der Waals surface area contributed by atoms with Crippen molar-refractivity contribution in [3.05, 3.63) is 23.8 Å². The van der Waals surface area contributed by atoms with Crippen LogP contribution in [0.2, 0.25) is 0 Å². The Balaban J connectivity index is 3.26. The highest BCUT2D eigenvalue weighted by Crippen LogP contribution is 2.30. The first-order valence-corrected chi connectivity index (χ1v) is 7.45. The second-order valence-corrected chi connectivity index (χ2v) is 5.10. The van der Waals surface area contributed by atoms with Crippen LogP contribution in [0.3, 0.4) is 0 Å². The zero-order chi connectivity index (χ0) is 14.4. The van der Waals surface area contributed by atoms with E-state index >= 15 is 0 Å². The number of thioether (sulfide) groups is 1. The summed E-state index contributed by atoms with van der Waals surface area (Å²) in [5.41, 5.74) is 1.13. The molecule has 4 nitrogen and oxygen atoms in total. The summed E-state index contributed by atoms with van der Waals surface area (Å²) in [5.74, 6) is -0.886. The van der Waals surface area contributed by atoms with Gasteiger partial charge in [-0.25, -0.2) is 4.79 Å². The van der Waals surface area contributed by atoms with Crippen LogP contribution in [-0.2, 0) is 4.74 Å². The van der Waals surface area contributed by atoms with E-state index < -0.39 is 5.97 Å². The third kappa shape index (κ3) is 3.64. The van der Waals surface area contributed by atoms with Crippen molar-refractivity contribution in [2.45, 2.75) is 24.8 Å². The van der Waals surface area contributed by atoms with Crippen LogP contribution >= 0.6 is 11.8 Å². The molecule has 1 aromatic carbocycles. The maximum absolute atomic E-state index is 11.5. The lowest BCUT2D eigenvalue weighted by atomic mass is 10.1. The molecule has 0 amide bonds. The summed E-state index contributed by atoms with van der Waals surface area (Å²) in [5, 5.41) is 9.46. The van der Waals surface area contributed by atoms with Gasteiger partial charge in [0.15, 0.2) is 0 Å². The topological polar surface area (TPSA) is 49.8 Å². The number of aromatic carboxylic acids is 1. The van der Waals surface area contributed by atoms with Gasteiger partial charge in [0.2, 0.25) is 0 Å². The first-order valence-electron chi connectivity index (χ1n) is 6.22. The van der Waals surface area contributed by atoms with Crippen LogP contribution in [0.4, 0.5) is 5.69 Å². The average molecular weight is 283 g/mol. The molecule has 1 aromatic rings. The van der Waals surface area contributed by atoms with E-state index in [1.54, 1.807) is 7.11 Å². The van der Waals surface area contributed by atoms with Crippen LogP contribution in [-0.4, -0.2) is 43.6 Å². The predicted octanol–water partition coefficient (Wildman–Crippen LogP) is 2.97. The number of rotatable bonds is 7. The van der Waals surface area contributed by atoms with Gasteiger partial charge in [-0.2, -0.15) is 0 Å². The van der Waals surface area contributed by atoms with Crippen molar-refractivity contribution in [1.82, 2.24) is 0 Å². The van der Waals surface area contributed by atoms with Gasteiger partial charge in [0.05, 0.1) is 17.9 Å². The van der Waals surface area contributed by atoms with Crippen molar-refractivity contribution >= 4 is 23.4 Å². The fourth-order valence-corrected chi connectivity index (χ4v) is 2.81. The molecule has 0 saturated carbocycles. The number of carboxylic acids is 1. The highest BCUT2D eigenvalue weighted by atomic mass is 32.2. The average Bonchev–Trinajstić information content (AvgIpc) is 2.39. The number of carboxylic acid groups (broad SMARTS) is 1. The fraction of sp³-hybridized carbons (Fsp3) is 0.500. The molecule has 0 bridgehead atoms. The number of hydrogen-bond acceptors (Lipinski definition) is 4. The third-order valence-corrected chi connectivity index (χ3v) is 3.81. The zero-order valence-electron chi connectivity index (χ0n) is 11.8. The molecule has 1 N–H and O–H groups in total. The van der Waals surface area contributed by atoms with Crippen LogP contribution in [0.5, 0.6) is 0 Å². The molecule has 106 valence electrons. The maximum atomic E-state index is 11.5. The number of hydrogen-bond donors (Lipinski definition) is 1. The van der Waals surface area contributed by atoms with E-state index in [1.165, 1.54) is 11.8 Å². The zero-order valence-corrected chi connectivity index (χ0v) is 12.7. The van der Waals surface area contributed by atoms with Crippen LogP contribution in [0.25, 0.3) is 0 Å². The molecule has 0 aromatic heterocycles. The van der Waals surface area contributed by atoms with E-state index in [2.05, 4.69) is 4.90 Å². The van der Waals surface area contributed by atoms with Gasteiger partial charge in [-0.1, -0.05) is 6.07 Å². The van der Waals surface area contributed by atoms with Crippen LogP contribution in [0, 0.1) is 0 Å².